The second kappa shape index (κ2) is 30.5. The highest BCUT2D eigenvalue weighted by atomic mass is 16.3. The van der Waals surface area contributed by atoms with Crippen LogP contribution < -0.4 is 0 Å². The van der Waals surface area contributed by atoms with Crippen molar-refractivity contribution in [2.24, 2.45) is 0 Å². The summed E-state index contributed by atoms with van der Waals surface area (Å²) in [6.07, 6.45) is 6.54. The first kappa shape index (κ1) is 31.4. The topological polar surface area (TPSA) is 173 Å². The predicted octanol–water partition coefficient (Wildman–Crippen LogP) is -1.04. The van der Waals surface area contributed by atoms with Crippen LogP contribution in [0.3, 0.4) is 0 Å². The van der Waals surface area contributed by atoms with Crippen LogP contribution in [0.25, 0.3) is 0 Å². The summed E-state index contributed by atoms with van der Waals surface area (Å²) in [6, 6.07) is 0. The van der Waals surface area contributed by atoms with Crippen molar-refractivity contribution in [2.75, 3.05) is 33.0 Å². The molecule has 0 saturated carbocycles. The molecule has 0 aromatic heterocycles. The maximum absolute atomic E-state index is 8.91. The Balaban J connectivity index is -0.000000127. The molecule has 8 nitrogen and oxygen atoms in total. The average molecular weight is 360 g/mol. The monoisotopic (exact) mass is 360 g/mol. The second-order valence-electron chi connectivity index (χ2n) is 5.21. The van der Waals surface area contributed by atoms with Gasteiger partial charge in [0.1, 0.15) is 6.10 Å². The molecule has 0 aliphatic heterocycles. The fraction of sp³-hybridized carbons (Fsp3) is 1.00. The molecule has 9 N–H and O–H groups in total. The minimum atomic E-state index is -0.954. The number of hydrogen-bond acceptors (Lipinski definition) is 7. The van der Waals surface area contributed by atoms with Crippen LogP contribution in [0.5, 0.6) is 0 Å². The molecule has 0 heterocycles. The normalized spacial score (nSPS) is 10.9. The lowest BCUT2D eigenvalue weighted by Gasteiger charge is -2.04. The van der Waals surface area contributed by atoms with E-state index < -0.39 is 12.2 Å². The summed E-state index contributed by atoms with van der Waals surface area (Å²) >= 11 is 0. The van der Waals surface area contributed by atoms with Crippen LogP contribution in [-0.4, -0.2) is 86.5 Å². The summed E-state index contributed by atoms with van der Waals surface area (Å²) in [7, 11) is 0. The van der Waals surface area contributed by atoms with Crippen LogP contribution in [0.4, 0.5) is 0 Å². The lowest BCUT2D eigenvalue weighted by atomic mass is 10.1. The van der Waals surface area contributed by atoms with E-state index in [9.17, 15) is 0 Å². The van der Waals surface area contributed by atoms with E-state index in [1.807, 2.05) is 0 Å². The van der Waals surface area contributed by atoms with Crippen molar-refractivity contribution in [3.63, 3.8) is 0 Å². The Labute approximate surface area is 145 Å². The molecule has 0 aromatic carbocycles. The third-order valence-corrected chi connectivity index (χ3v) is 2.84. The van der Waals surface area contributed by atoms with Crippen molar-refractivity contribution < 1.29 is 41.2 Å². The number of aliphatic hydroxyl groups is 7. The Morgan fingerprint density at radius 2 is 1.00 bits per heavy atom. The highest BCUT2D eigenvalue weighted by molar-refractivity contribution is 4.52. The average Bonchev–Trinajstić information content (AvgIpc) is 2.59. The first-order chi connectivity index (χ1) is 11.0. The van der Waals surface area contributed by atoms with Crippen molar-refractivity contribution >= 4 is 0 Å². The third-order valence-electron chi connectivity index (χ3n) is 2.84. The van der Waals surface area contributed by atoms with Crippen molar-refractivity contribution in [3.05, 3.63) is 0 Å². The zero-order chi connectivity index (χ0) is 18.3. The first-order valence-corrected chi connectivity index (χ1v) is 8.44. The van der Waals surface area contributed by atoms with Gasteiger partial charge in [0, 0.05) is 13.2 Å². The van der Waals surface area contributed by atoms with Gasteiger partial charge in [0.05, 0.1) is 25.9 Å². The zero-order valence-corrected chi connectivity index (χ0v) is 15.0. The van der Waals surface area contributed by atoms with Crippen LogP contribution in [0, 0.1) is 0 Å². The van der Waals surface area contributed by atoms with E-state index in [1.54, 1.807) is 0 Å². The van der Waals surface area contributed by atoms with E-state index in [-0.39, 0.29) is 38.5 Å². The standard InChI is InChI=1S/C8H18O2.C5H12O2.C3H8O3.H2O/c1-2-3-4-5-6-8(10)7-9;6-4-2-1-3-5-7;4-1-3(6)2-5;/h8-10H,2-7H2,1H3;6-7H,1-5H2;3-6H,1-2H2;1H2. The molecule has 0 fully saturated rings. The van der Waals surface area contributed by atoms with Crippen LogP contribution in [0.1, 0.15) is 58.3 Å². The van der Waals surface area contributed by atoms with Gasteiger partial charge in [-0.15, -0.1) is 0 Å². The Bertz CT molecular complexity index is 175. The molecule has 0 aromatic rings. The molecular formula is C16H40O8. The lowest BCUT2D eigenvalue weighted by molar-refractivity contribution is 0.0450. The molecule has 1 atom stereocenters. The molecule has 0 amide bonds. The third kappa shape index (κ3) is 37.7. The number of hydrogen-bond donors (Lipinski definition) is 7. The largest absolute Gasteiger partial charge is 0.412 e. The molecule has 24 heavy (non-hydrogen) atoms. The van der Waals surface area contributed by atoms with Gasteiger partial charge in [-0.1, -0.05) is 32.6 Å². The van der Waals surface area contributed by atoms with Crippen LogP contribution >= 0.6 is 0 Å². The number of unbranched alkanes of at least 4 members (excludes halogenated alkanes) is 5. The fourth-order valence-electron chi connectivity index (χ4n) is 1.36. The molecule has 0 saturated heterocycles. The van der Waals surface area contributed by atoms with Crippen molar-refractivity contribution in [1.29, 1.82) is 0 Å². The Morgan fingerprint density at radius 3 is 1.29 bits per heavy atom. The van der Waals surface area contributed by atoms with Gasteiger partial charge in [-0.2, -0.15) is 0 Å². The van der Waals surface area contributed by atoms with Gasteiger partial charge in [-0.3, -0.25) is 0 Å². The maximum atomic E-state index is 8.91. The first-order valence-electron chi connectivity index (χ1n) is 8.44. The number of rotatable bonds is 12. The van der Waals surface area contributed by atoms with Crippen molar-refractivity contribution in [3.8, 4) is 0 Å². The summed E-state index contributed by atoms with van der Waals surface area (Å²) in [5.74, 6) is 0. The molecule has 0 bridgehead atoms. The summed E-state index contributed by atoms with van der Waals surface area (Å²) < 4.78 is 0. The van der Waals surface area contributed by atoms with Gasteiger partial charge in [-0.25, -0.2) is 0 Å². The quantitative estimate of drug-likeness (QED) is 0.218. The molecule has 0 radical (unpaired) electrons. The molecule has 0 rings (SSSR count). The Kier molecular flexibility index (Phi) is 40.0. The highest BCUT2D eigenvalue weighted by Crippen LogP contribution is 2.04. The summed E-state index contributed by atoms with van der Waals surface area (Å²) in [6.45, 7) is 1.83. The van der Waals surface area contributed by atoms with Crippen LogP contribution in [-0.2, 0) is 0 Å². The SMILES string of the molecule is CCCCCCC(O)CO.O.OCC(O)CO.OCCCCCO. The predicted molar refractivity (Wildman–Crippen MR) is 93.7 cm³/mol. The van der Waals surface area contributed by atoms with E-state index in [0.717, 1.165) is 32.1 Å². The van der Waals surface area contributed by atoms with E-state index in [1.165, 1.54) is 19.3 Å². The minimum absolute atomic E-state index is 0. The van der Waals surface area contributed by atoms with E-state index in [2.05, 4.69) is 6.92 Å². The highest BCUT2D eigenvalue weighted by Gasteiger charge is 1.99. The molecule has 0 aliphatic carbocycles. The van der Waals surface area contributed by atoms with E-state index in [4.69, 9.17) is 35.7 Å². The fourth-order valence-corrected chi connectivity index (χ4v) is 1.36. The van der Waals surface area contributed by atoms with Crippen molar-refractivity contribution in [2.45, 2.75) is 70.5 Å². The van der Waals surface area contributed by atoms with Crippen LogP contribution in [0.15, 0.2) is 0 Å². The molecule has 0 spiro atoms. The molecule has 152 valence electrons. The number of aliphatic hydroxyl groups excluding tert-OH is 7. The Hall–Kier alpha value is -0.320. The maximum Gasteiger partial charge on any atom is 0.100 e. The molecular weight excluding hydrogens is 320 g/mol. The lowest BCUT2D eigenvalue weighted by Crippen LogP contribution is -2.15. The summed E-state index contributed by atoms with van der Waals surface area (Å²) in [4.78, 5) is 0. The second-order valence-corrected chi connectivity index (χ2v) is 5.21. The molecule has 0 aliphatic rings. The molecule has 8 heteroatoms. The van der Waals surface area contributed by atoms with Gasteiger partial charge in [0.2, 0.25) is 0 Å². The minimum Gasteiger partial charge on any atom is -0.412 e. The van der Waals surface area contributed by atoms with Gasteiger partial charge in [0.15, 0.2) is 0 Å². The molecule has 1 unspecified atom stereocenters. The van der Waals surface area contributed by atoms with Gasteiger partial charge < -0.3 is 41.2 Å². The zero-order valence-electron chi connectivity index (χ0n) is 15.0. The van der Waals surface area contributed by atoms with Crippen LogP contribution in [0.2, 0.25) is 0 Å². The van der Waals surface area contributed by atoms with Crippen molar-refractivity contribution in [1.82, 2.24) is 0 Å². The van der Waals surface area contributed by atoms with Gasteiger partial charge >= 0.3 is 0 Å². The summed E-state index contributed by atoms with van der Waals surface area (Å²) in [5, 5.41) is 57.8. The van der Waals surface area contributed by atoms with Gasteiger partial charge in [-0.05, 0) is 25.7 Å². The van der Waals surface area contributed by atoms with E-state index >= 15 is 0 Å². The van der Waals surface area contributed by atoms with Gasteiger partial charge in [0.25, 0.3) is 0 Å². The summed E-state index contributed by atoms with van der Waals surface area (Å²) in [5.41, 5.74) is 0. The Morgan fingerprint density at radius 1 is 0.583 bits per heavy atom. The van der Waals surface area contributed by atoms with E-state index in [0.29, 0.717) is 0 Å². The smallest absolute Gasteiger partial charge is 0.100 e.